The van der Waals surface area contributed by atoms with Crippen LogP contribution in [-0.2, 0) is 14.8 Å². The minimum absolute atomic E-state index is 0.0983. The second kappa shape index (κ2) is 8.03. The van der Waals surface area contributed by atoms with E-state index in [2.05, 4.69) is 5.32 Å². The molecular formula is C18H19FN2O5S. The Balaban J connectivity index is 1.92. The van der Waals surface area contributed by atoms with Crippen molar-refractivity contribution in [3.63, 3.8) is 0 Å². The van der Waals surface area contributed by atoms with Crippen LogP contribution in [0.5, 0.6) is 5.75 Å². The monoisotopic (exact) mass is 394 g/mol. The van der Waals surface area contributed by atoms with Gasteiger partial charge in [-0.15, -0.1) is 0 Å². The number of benzene rings is 2. The second-order valence-electron chi connectivity index (χ2n) is 5.85. The molecule has 2 aromatic rings. The smallest absolute Gasteiger partial charge is 0.255 e. The molecule has 0 saturated carbocycles. The molecule has 9 heteroatoms. The molecule has 1 aliphatic heterocycles. The molecule has 0 atom stereocenters. The summed E-state index contributed by atoms with van der Waals surface area (Å²) in [5.74, 6) is -0.899. The van der Waals surface area contributed by atoms with Gasteiger partial charge in [-0.05, 0) is 36.4 Å². The molecule has 0 radical (unpaired) electrons. The third kappa shape index (κ3) is 4.26. The average Bonchev–Trinajstić information content (AvgIpc) is 2.68. The first-order valence-electron chi connectivity index (χ1n) is 8.24. The number of morpholine rings is 1. The Kier molecular flexibility index (Phi) is 5.73. The molecule has 0 aromatic heterocycles. The van der Waals surface area contributed by atoms with Gasteiger partial charge >= 0.3 is 0 Å². The predicted molar refractivity (Wildman–Crippen MR) is 96.9 cm³/mol. The van der Waals surface area contributed by atoms with E-state index in [0.29, 0.717) is 13.2 Å². The molecule has 0 bridgehead atoms. The van der Waals surface area contributed by atoms with Crippen LogP contribution in [0, 0.1) is 5.82 Å². The van der Waals surface area contributed by atoms with Crippen molar-refractivity contribution in [1.82, 2.24) is 4.31 Å². The van der Waals surface area contributed by atoms with Gasteiger partial charge in [0.1, 0.15) is 16.5 Å². The fourth-order valence-electron chi connectivity index (χ4n) is 2.72. The SMILES string of the molecule is COc1ccc(C(=O)Nc2cccc(F)c2)cc1S(=O)(=O)N1CCOCC1. The number of nitrogens with one attached hydrogen (secondary N) is 1. The first-order valence-corrected chi connectivity index (χ1v) is 9.68. The number of rotatable bonds is 5. The first-order chi connectivity index (χ1) is 12.9. The first kappa shape index (κ1) is 19.3. The number of carbonyl (C=O) groups excluding carboxylic acids is 1. The zero-order valence-electron chi connectivity index (χ0n) is 14.6. The van der Waals surface area contributed by atoms with Crippen LogP contribution in [0.2, 0.25) is 0 Å². The normalized spacial score (nSPS) is 15.3. The number of amides is 1. The molecule has 3 rings (SSSR count). The summed E-state index contributed by atoms with van der Waals surface area (Å²) in [4.78, 5) is 12.4. The van der Waals surface area contributed by atoms with Gasteiger partial charge in [-0.25, -0.2) is 12.8 Å². The molecular weight excluding hydrogens is 375 g/mol. The standard InChI is InChI=1S/C18H19FN2O5S/c1-25-16-6-5-13(18(22)20-15-4-2-3-14(19)12-15)11-17(16)27(23,24)21-7-9-26-10-8-21/h2-6,11-12H,7-10H2,1H3,(H,20,22). The summed E-state index contributed by atoms with van der Waals surface area (Å²) in [5.41, 5.74) is 0.389. The van der Waals surface area contributed by atoms with Crippen molar-refractivity contribution >= 4 is 21.6 Å². The Bertz CT molecular complexity index is 943. The van der Waals surface area contributed by atoms with Crippen LogP contribution < -0.4 is 10.1 Å². The quantitative estimate of drug-likeness (QED) is 0.840. The van der Waals surface area contributed by atoms with Crippen molar-refractivity contribution in [3.8, 4) is 5.75 Å². The molecule has 1 N–H and O–H groups in total. The molecule has 27 heavy (non-hydrogen) atoms. The van der Waals surface area contributed by atoms with E-state index >= 15 is 0 Å². The highest BCUT2D eigenvalue weighted by molar-refractivity contribution is 7.89. The van der Waals surface area contributed by atoms with E-state index in [1.165, 1.54) is 53.9 Å². The van der Waals surface area contributed by atoms with Crippen LogP contribution in [0.3, 0.4) is 0 Å². The van der Waals surface area contributed by atoms with Crippen LogP contribution in [-0.4, -0.2) is 52.0 Å². The number of methoxy groups -OCH3 is 1. The number of hydrogen-bond donors (Lipinski definition) is 1. The predicted octanol–water partition coefficient (Wildman–Crippen LogP) is 2.11. The number of halogens is 1. The molecule has 0 unspecified atom stereocenters. The highest BCUT2D eigenvalue weighted by atomic mass is 32.2. The maximum atomic E-state index is 13.3. The maximum Gasteiger partial charge on any atom is 0.255 e. The molecule has 0 spiro atoms. The Labute approximate surface area is 156 Å². The van der Waals surface area contributed by atoms with E-state index in [-0.39, 0.29) is 35.0 Å². The second-order valence-corrected chi connectivity index (χ2v) is 7.75. The third-order valence-electron chi connectivity index (χ3n) is 4.10. The lowest BCUT2D eigenvalue weighted by Gasteiger charge is -2.26. The Hall–Kier alpha value is -2.49. The van der Waals surface area contributed by atoms with Crippen LogP contribution in [0.25, 0.3) is 0 Å². The van der Waals surface area contributed by atoms with Crippen LogP contribution in [0.1, 0.15) is 10.4 Å². The molecule has 0 aliphatic carbocycles. The van der Waals surface area contributed by atoms with Crippen LogP contribution in [0.15, 0.2) is 47.4 Å². The van der Waals surface area contributed by atoms with E-state index in [1.54, 1.807) is 0 Å². The minimum atomic E-state index is -3.85. The summed E-state index contributed by atoms with van der Waals surface area (Å²) < 4.78 is 50.9. The molecule has 2 aromatic carbocycles. The van der Waals surface area contributed by atoms with E-state index < -0.39 is 21.7 Å². The Morgan fingerprint density at radius 3 is 2.59 bits per heavy atom. The van der Waals surface area contributed by atoms with E-state index in [4.69, 9.17) is 9.47 Å². The Morgan fingerprint density at radius 2 is 1.93 bits per heavy atom. The van der Waals surface area contributed by atoms with Crippen molar-refractivity contribution < 1.29 is 27.1 Å². The molecule has 1 fully saturated rings. The van der Waals surface area contributed by atoms with Crippen molar-refractivity contribution in [3.05, 3.63) is 53.8 Å². The third-order valence-corrected chi connectivity index (χ3v) is 6.02. The minimum Gasteiger partial charge on any atom is -0.495 e. The van der Waals surface area contributed by atoms with Gasteiger partial charge in [-0.3, -0.25) is 4.79 Å². The molecule has 1 aliphatic rings. The largest absolute Gasteiger partial charge is 0.495 e. The fraction of sp³-hybridized carbons (Fsp3) is 0.278. The summed E-state index contributed by atoms with van der Waals surface area (Å²) in [7, 11) is -2.49. The zero-order chi connectivity index (χ0) is 19.4. The van der Waals surface area contributed by atoms with Gasteiger partial charge in [-0.1, -0.05) is 6.07 Å². The van der Waals surface area contributed by atoms with Gasteiger partial charge in [0.05, 0.1) is 20.3 Å². The number of anilines is 1. The molecule has 144 valence electrons. The van der Waals surface area contributed by atoms with Gasteiger partial charge in [0.15, 0.2) is 0 Å². The van der Waals surface area contributed by atoms with Gasteiger partial charge in [-0.2, -0.15) is 4.31 Å². The lowest BCUT2D eigenvalue weighted by atomic mass is 10.2. The van der Waals surface area contributed by atoms with Gasteiger partial charge in [0.2, 0.25) is 10.0 Å². The Morgan fingerprint density at radius 1 is 1.19 bits per heavy atom. The topological polar surface area (TPSA) is 84.9 Å². The van der Waals surface area contributed by atoms with E-state index in [0.717, 1.165) is 0 Å². The summed E-state index contributed by atoms with van der Waals surface area (Å²) >= 11 is 0. The molecule has 7 nitrogen and oxygen atoms in total. The van der Waals surface area contributed by atoms with Gasteiger partial charge < -0.3 is 14.8 Å². The molecule has 1 heterocycles. The highest BCUT2D eigenvalue weighted by Crippen LogP contribution is 2.28. The average molecular weight is 394 g/mol. The fourth-order valence-corrected chi connectivity index (χ4v) is 4.30. The molecule has 1 amide bonds. The van der Waals surface area contributed by atoms with Crippen molar-refractivity contribution in [2.45, 2.75) is 4.90 Å². The number of nitrogens with zero attached hydrogens (tertiary/aromatic N) is 1. The summed E-state index contributed by atoms with van der Waals surface area (Å²) in [6.45, 7) is 1.07. The van der Waals surface area contributed by atoms with Crippen LogP contribution in [0.4, 0.5) is 10.1 Å². The number of ether oxygens (including phenoxy) is 2. The zero-order valence-corrected chi connectivity index (χ0v) is 15.5. The summed E-state index contributed by atoms with van der Waals surface area (Å²) in [6.07, 6.45) is 0. The lowest BCUT2D eigenvalue weighted by molar-refractivity contribution is 0.0729. The lowest BCUT2D eigenvalue weighted by Crippen LogP contribution is -2.40. The van der Waals surface area contributed by atoms with Gasteiger partial charge in [0.25, 0.3) is 5.91 Å². The molecule has 1 saturated heterocycles. The van der Waals surface area contributed by atoms with Gasteiger partial charge in [0, 0.05) is 24.3 Å². The van der Waals surface area contributed by atoms with Crippen molar-refractivity contribution in [2.24, 2.45) is 0 Å². The summed E-state index contributed by atoms with van der Waals surface area (Å²) in [6, 6.07) is 9.57. The maximum absolute atomic E-state index is 13.3. The summed E-state index contributed by atoms with van der Waals surface area (Å²) in [5, 5.41) is 2.55. The number of sulfonamides is 1. The van der Waals surface area contributed by atoms with E-state index in [1.807, 2.05) is 0 Å². The van der Waals surface area contributed by atoms with Crippen LogP contribution >= 0.6 is 0 Å². The highest BCUT2D eigenvalue weighted by Gasteiger charge is 2.30. The van der Waals surface area contributed by atoms with Crippen molar-refractivity contribution in [1.29, 1.82) is 0 Å². The van der Waals surface area contributed by atoms with Crippen molar-refractivity contribution in [2.75, 3.05) is 38.7 Å². The van der Waals surface area contributed by atoms with E-state index in [9.17, 15) is 17.6 Å². The number of carbonyl (C=O) groups is 1. The number of hydrogen-bond acceptors (Lipinski definition) is 5.